The van der Waals surface area contributed by atoms with E-state index in [9.17, 15) is 19.2 Å². The van der Waals surface area contributed by atoms with Crippen LogP contribution in [0, 0.1) is 6.92 Å². The zero-order chi connectivity index (χ0) is 17.1. The van der Waals surface area contributed by atoms with Gasteiger partial charge in [-0.2, -0.15) is 0 Å². The molecule has 1 aromatic rings. The lowest BCUT2D eigenvalue weighted by atomic mass is 10.0. The zero-order valence-electron chi connectivity index (χ0n) is 12.8. The standard InChI is InChI=1S/C15H17N3O5/c1-8-5-10(7-16-9(2)19)3-4-11(8)17-15(23)18-12(14(21)22)6-13(18)20/h3-5,12H,6-7H2,1-2H3,(H,16,19)(H,17,23)(H,21,22). The number of hydrogen-bond donors (Lipinski definition) is 3. The van der Waals surface area contributed by atoms with Crippen molar-refractivity contribution in [1.82, 2.24) is 10.2 Å². The van der Waals surface area contributed by atoms with E-state index in [1.165, 1.54) is 6.92 Å². The van der Waals surface area contributed by atoms with Crippen LogP contribution in [0.5, 0.6) is 0 Å². The van der Waals surface area contributed by atoms with Crippen molar-refractivity contribution in [2.75, 3.05) is 5.32 Å². The number of nitrogens with zero attached hydrogens (tertiary/aromatic N) is 1. The molecule has 23 heavy (non-hydrogen) atoms. The second-order valence-corrected chi connectivity index (χ2v) is 5.31. The molecule has 122 valence electrons. The van der Waals surface area contributed by atoms with Gasteiger partial charge < -0.3 is 15.7 Å². The van der Waals surface area contributed by atoms with Crippen LogP contribution < -0.4 is 10.6 Å². The maximum atomic E-state index is 12.0. The van der Waals surface area contributed by atoms with Crippen molar-refractivity contribution in [3.05, 3.63) is 29.3 Å². The van der Waals surface area contributed by atoms with Crippen LogP contribution in [0.25, 0.3) is 0 Å². The number of urea groups is 1. The van der Waals surface area contributed by atoms with Crippen LogP contribution in [0.2, 0.25) is 0 Å². The summed E-state index contributed by atoms with van der Waals surface area (Å²) in [4.78, 5) is 46.0. The first kappa shape index (κ1) is 16.5. The van der Waals surface area contributed by atoms with Gasteiger partial charge in [0.2, 0.25) is 11.8 Å². The molecule has 0 bridgehead atoms. The Hall–Kier alpha value is -2.90. The molecule has 2 rings (SSSR count). The number of aliphatic carboxylic acids is 1. The molecule has 0 radical (unpaired) electrons. The van der Waals surface area contributed by atoms with Crippen molar-refractivity contribution in [3.8, 4) is 0 Å². The number of anilines is 1. The number of nitrogens with one attached hydrogen (secondary N) is 2. The Kier molecular flexibility index (Phi) is 4.63. The summed E-state index contributed by atoms with van der Waals surface area (Å²) >= 11 is 0. The second kappa shape index (κ2) is 6.47. The summed E-state index contributed by atoms with van der Waals surface area (Å²) in [6.07, 6.45) is -0.169. The minimum atomic E-state index is -1.21. The summed E-state index contributed by atoms with van der Waals surface area (Å²) < 4.78 is 0. The summed E-state index contributed by atoms with van der Waals surface area (Å²) in [6.45, 7) is 3.56. The summed E-state index contributed by atoms with van der Waals surface area (Å²) in [5, 5.41) is 14.1. The van der Waals surface area contributed by atoms with E-state index >= 15 is 0 Å². The Labute approximate surface area is 132 Å². The molecule has 1 aromatic carbocycles. The number of hydrogen-bond acceptors (Lipinski definition) is 4. The molecule has 8 heteroatoms. The predicted molar refractivity (Wildman–Crippen MR) is 80.6 cm³/mol. The van der Waals surface area contributed by atoms with Gasteiger partial charge in [-0.25, -0.2) is 14.5 Å². The lowest BCUT2D eigenvalue weighted by Gasteiger charge is -2.35. The molecule has 8 nitrogen and oxygen atoms in total. The number of β-lactam (4-membered cyclic amide) rings is 1. The molecule has 0 spiro atoms. The van der Waals surface area contributed by atoms with Gasteiger partial charge in [0.25, 0.3) is 0 Å². The Morgan fingerprint density at radius 2 is 2.04 bits per heavy atom. The minimum Gasteiger partial charge on any atom is -0.480 e. The number of rotatable bonds is 4. The Morgan fingerprint density at radius 3 is 2.57 bits per heavy atom. The first-order valence-electron chi connectivity index (χ1n) is 6.99. The third kappa shape index (κ3) is 3.65. The van der Waals surface area contributed by atoms with Gasteiger partial charge in [0.05, 0.1) is 6.42 Å². The van der Waals surface area contributed by atoms with Gasteiger partial charge in [-0.05, 0) is 24.1 Å². The number of carboxylic acid groups (broad SMARTS) is 1. The molecular formula is C15H17N3O5. The van der Waals surface area contributed by atoms with E-state index in [-0.39, 0.29) is 12.3 Å². The van der Waals surface area contributed by atoms with Gasteiger partial charge in [-0.3, -0.25) is 9.59 Å². The Balaban J connectivity index is 2.05. The fourth-order valence-electron chi connectivity index (χ4n) is 2.25. The van der Waals surface area contributed by atoms with Crippen molar-refractivity contribution < 1.29 is 24.3 Å². The van der Waals surface area contributed by atoms with Crippen LogP contribution >= 0.6 is 0 Å². The molecule has 1 aliphatic heterocycles. The molecule has 1 heterocycles. The topological polar surface area (TPSA) is 116 Å². The number of carboxylic acids is 1. The minimum absolute atomic E-state index is 0.143. The van der Waals surface area contributed by atoms with Crippen molar-refractivity contribution >= 4 is 29.5 Å². The van der Waals surface area contributed by atoms with Crippen molar-refractivity contribution in [3.63, 3.8) is 0 Å². The molecule has 3 N–H and O–H groups in total. The first-order chi connectivity index (χ1) is 10.8. The molecule has 0 saturated carbocycles. The molecule has 0 aliphatic carbocycles. The van der Waals surface area contributed by atoms with E-state index < -0.39 is 23.9 Å². The van der Waals surface area contributed by atoms with Gasteiger partial charge >= 0.3 is 12.0 Å². The number of aryl methyl sites for hydroxylation is 1. The summed E-state index contributed by atoms with van der Waals surface area (Å²) in [5.41, 5.74) is 2.07. The summed E-state index contributed by atoms with van der Waals surface area (Å²) in [5.74, 6) is -1.87. The fourth-order valence-corrected chi connectivity index (χ4v) is 2.25. The molecule has 1 atom stereocenters. The van der Waals surface area contributed by atoms with Crippen LogP contribution in [-0.2, 0) is 20.9 Å². The second-order valence-electron chi connectivity index (χ2n) is 5.31. The van der Waals surface area contributed by atoms with Crippen molar-refractivity contribution in [2.24, 2.45) is 0 Å². The highest BCUT2D eigenvalue weighted by Gasteiger charge is 2.45. The lowest BCUT2D eigenvalue weighted by Crippen LogP contribution is -2.60. The van der Waals surface area contributed by atoms with Gasteiger partial charge in [-0.1, -0.05) is 12.1 Å². The molecule has 1 aliphatic rings. The Morgan fingerprint density at radius 1 is 1.35 bits per heavy atom. The van der Waals surface area contributed by atoms with Crippen molar-refractivity contribution in [1.29, 1.82) is 0 Å². The molecular weight excluding hydrogens is 302 g/mol. The maximum absolute atomic E-state index is 12.0. The van der Waals surface area contributed by atoms with Crippen LogP contribution in [0.3, 0.4) is 0 Å². The van der Waals surface area contributed by atoms with Crippen molar-refractivity contribution in [2.45, 2.75) is 32.9 Å². The van der Waals surface area contributed by atoms with Crippen LogP contribution in [0.1, 0.15) is 24.5 Å². The highest BCUT2D eigenvalue weighted by atomic mass is 16.4. The van der Waals surface area contributed by atoms with E-state index in [4.69, 9.17) is 5.11 Å². The van der Waals surface area contributed by atoms with E-state index in [1.807, 2.05) is 0 Å². The monoisotopic (exact) mass is 319 g/mol. The average Bonchev–Trinajstić information content (AvgIpc) is 2.44. The third-order valence-corrected chi connectivity index (χ3v) is 3.53. The SMILES string of the molecule is CC(=O)NCc1ccc(NC(=O)N2C(=O)CC2C(=O)O)c(C)c1. The summed E-state index contributed by atoms with van der Waals surface area (Å²) in [6, 6.07) is 3.29. The number of likely N-dealkylation sites (tertiary alicyclic amines) is 1. The highest BCUT2D eigenvalue weighted by Crippen LogP contribution is 2.23. The van der Waals surface area contributed by atoms with Gasteiger partial charge in [-0.15, -0.1) is 0 Å². The molecule has 1 unspecified atom stereocenters. The average molecular weight is 319 g/mol. The summed E-state index contributed by atoms with van der Waals surface area (Å²) in [7, 11) is 0. The highest BCUT2D eigenvalue weighted by molar-refractivity contribution is 6.09. The number of imide groups is 1. The number of amides is 4. The van der Waals surface area contributed by atoms with Gasteiger partial charge in [0.1, 0.15) is 6.04 Å². The fraction of sp³-hybridized carbons (Fsp3) is 0.333. The maximum Gasteiger partial charge on any atom is 0.329 e. The lowest BCUT2D eigenvalue weighted by molar-refractivity contribution is -0.157. The van der Waals surface area contributed by atoms with Crippen LogP contribution in [0.4, 0.5) is 10.5 Å². The quantitative estimate of drug-likeness (QED) is 0.711. The van der Waals surface area contributed by atoms with Gasteiger partial charge in [0, 0.05) is 19.2 Å². The Bertz CT molecular complexity index is 686. The number of carbonyl (C=O) groups excluding carboxylic acids is 3. The number of carbonyl (C=O) groups is 4. The van der Waals surface area contributed by atoms with E-state index in [1.54, 1.807) is 25.1 Å². The van der Waals surface area contributed by atoms with Crippen LogP contribution in [0.15, 0.2) is 18.2 Å². The normalized spacial score (nSPS) is 16.5. The molecule has 0 aromatic heterocycles. The van der Waals surface area contributed by atoms with Gasteiger partial charge in [0.15, 0.2) is 0 Å². The molecule has 1 saturated heterocycles. The molecule has 4 amide bonds. The number of benzene rings is 1. The third-order valence-electron chi connectivity index (χ3n) is 3.53. The van der Waals surface area contributed by atoms with Crippen LogP contribution in [-0.4, -0.2) is 39.9 Å². The first-order valence-corrected chi connectivity index (χ1v) is 6.99. The van der Waals surface area contributed by atoms with E-state index in [0.717, 1.165) is 11.1 Å². The molecule has 1 fully saturated rings. The van der Waals surface area contributed by atoms with E-state index in [2.05, 4.69) is 10.6 Å². The smallest absolute Gasteiger partial charge is 0.329 e. The zero-order valence-corrected chi connectivity index (χ0v) is 12.8. The predicted octanol–water partition coefficient (Wildman–Crippen LogP) is 0.849. The largest absolute Gasteiger partial charge is 0.480 e. The van der Waals surface area contributed by atoms with E-state index in [0.29, 0.717) is 17.1 Å².